The Morgan fingerprint density at radius 3 is 1.95 bits per heavy atom. The van der Waals surface area contributed by atoms with Crippen LogP contribution in [-0.2, 0) is 32.0 Å². The number of anilines is 1. The first-order chi connectivity index (χ1) is 36.3. The minimum absolute atomic E-state index is 0.289. The lowest BCUT2D eigenvalue weighted by Crippen LogP contribution is -2.63. The molecule has 4 aliphatic rings. The molecule has 4 unspecified atom stereocenters. The molecule has 0 radical (unpaired) electrons. The Balaban J connectivity index is 1.04. The van der Waals surface area contributed by atoms with Crippen LogP contribution >= 0.6 is 0 Å². The van der Waals surface area contributed by atoms with Crippen LogP contribution in [0, 0.1) is 22.7 Å². The molecule has 2 aromatic heterocycles. The summed E-state index contributed by atoms with van der Waals surface area (Å²) >= 11 is 0. The Bertz CT molecular complexity index is 2810. The zero-order chi connectivity index (χ0) is 55.6. The van der Waals surface area contributed by atoms with Gasteiger partial charge in [0.1, 0.15) is 17.9 Å². The number of halogens is 6. The highest BCUT2D eigenvalue weighted by Crippen LogP contribution is 2.42. The van der Waals surface area contributed by atoms with Crippen LogP contribution in [0.15, 0.2) is 79.1 Å². The van der Waals surface area contributed by atoms with E-state index in [2.05, 4.69) is 42.2 Å². The summed E-state index contributed by atoms with van der Waals surface area (Å²) in [5, 5.41) is 33.3. The summed E-state index contributed by atoms with van der Waals surface area (Å²) in [5.74, 6) is 4.19. The largest absolute Gasteiger partial charge is 0.465 e. The molecule has 2 bridgehead atoms. The second-order valence-corrected chi connectivity index (χ2v) is 21.2. The average Bonchev–Trinajstić information content (AvgIpc) is 3.74. The third kappa shape index (κ3) is 13.1. The number of aliphatic hydroxyl groups excluding tert-OH is 1. The number of nitrogens with zero attached hydrogens (tertiary/aromatic N) is 6. The molecular weight excluding hydrogens is 1020 g/mol. The number of benzene rings is 2. The van der Waals surface area contributed by atoms with Gasteiger partial charge in [-0.05, 0) is 94.8 Å². The molecule has 3 saturated heterocycles. The standard InChI is InChI=1S/C53H62F6N10O8/c1-50(2,52(54,55)56)44(63-49(75)76-5)46(71)61-41(22-32-9-6-31(7-10-32)8-11-33-14-19-43(60-24-33)68-27-37-23-38(68)26-67(37)39-29-77-30-39)42(70)28-66(65-47(72)45(62-48(73)74)51(3,4)53(57,58)59)25-34-12-15-35(16-13-34)40-20-21-69(64-40)36-17-18-36/h6-7,9-10,12-16,19-21,24,36-39,41-42,44-45,62,70H,17-18,22-23,25-30H2,1-5H3,(H,61,71)(H,63,75)(H,65,72)(H,73,74)/t37-,38-,41?,42?,44?,45?/m1/s1. The lowest BCUT2D eigenvalue weighted by Gasteiger charge is -2.42. The van der Waals surface area contributed by atoms with Gasteiger partial charge in [-0.2, -0.15) is 31.4 Å². The van der Waals surface area contributed by atoms with E-state index in [4.69, 9.17) is 9.72 Å². The van der Waals surface area contributed by atoms with Crippen LogP contribution in [0.3, 0.4) is 0 Å². The van der Waals surface area contributed by atoms with Crippen LogP contribution in [0.25, 0.3) is 11.3 Å². The molecule has 1 saturated carbocycles. The van der Waals surface area contributed by atoms with E-state index in [1.54, 1.807) is 60.0 Å². The Kier molecular flexibility index (Phi) is 16.5. The highest BCUT2D eigenvalue weighted by Gasteiger charge is 2.57. The van der Waals surface area contributed by atoms with Gasteiger partial charge in [-0.25, -0.2) is 19.6 Å². The summed E-state index contributed by atoms with van der Waals surface area (Å²) < 4.78 is 98.7. The summed E-state index contributed by atoms with van der Waals surface area (Å²) in [4.78, 5) is 61.8. The number of piperazine rings is 1. The van der Waals surface area contributed by atoms with E-state index < -0.39 is 78.0 Å². The summed E-state index contributed by atoms with van der Waals surface area (Å²) in [6.07, 6.45) is -8.98. The number of aromatic nitrogens is 3. The number of rotatable bonds is 19. The van der Waals surface area contributed by atoms with Crippen molar-refractivity contribution in [1.82, 2.24) is 46.0 Å². The van der Waals surface area contributed by atoms with Crippen molar-refractivity contribution in [3.8, 4) is 23.1 Å². The van der Waals surface area contributed by atoms with Crippen LogP contribution in [0.2, 0.25) is 0 Å². The van der Waals surface area contributed by atoms with Crippen molar-refractivity contribution in [2.75, 3.05) is 44.9 Å². The molecule has 2 aromatic carbocycles. The number of carboxylic acid groups (broad SMARTS) is 1. The molecule has 24 heteroatoms. The molecule has 4 amide bonds. The monoisotopic (exact) mass is 1080 g/mol. The van der Waals surface area contributed by atoms with Gasteiger partial charge in [0.2, 0.25) is 5.91 Å². The Labute approximate surface area is 440 Å². The number of nitrogens with one attached hydrogen (secondary N) is 4. The number of hydrogen-bond donors (Lipinski definition) is 6. The Hall–Kier alpha value is -6.94. The maximum absolute atomic E-state index is 14.6. The summed E-state index contributed by atoms with van der Waals surface area (Å²) in [7, 11) is 0.890. The van der Waals surface area contributed by atoms with Gasteiger partial charge in [-0.1, -0.05) is 48.2 Å². The molecular formula is C53H62F6N10O8. The zero-order valence-corrected chi connectivity index (χ0v) is 43.0. The van der Waals surface area contributed by atoms with Gasteiger partial charge >= 0.3 is 24.5 Å². The van der Waals surface area contributed by atoms with E-state index in [9.17, 15) is 55.7 Å². The van der Waals surface area contributed by atoms with Gasteiger partial charge in [0.15, 0.2) is 0 Å². The van der Waals surface area contributed by atoms with Crippen molar-refractivity contribution >= 4 is 29.8 Å². The van der Waals surface area contributed by atoms with E-state index in [0.717, 1.165) is 63.5 Å². The molecule has 0 spiro atoms. The van der Waals surface area contributed by atoms with Crippen LogP contribution in [0.1, 0.15) is 75.3 Å². The first-order valence-corrected chi connectivity index (χ1v) is 25.1. The normalized spacial score (nSPS) is 19.6. The molecule has 18 nitrogen and oxygen atoms in total. The number of pyridine rings is 1. The summed E-state index contributed by atoms with van der Waals surface area (Å²) in [6, 6.07) is 14.2. The van der Waals surface area contributed by atoms with Gasteiger partial charge in [0, 0.05) is 67.3 Å². The molecule has 77 heavy (non-hydrogen) atoms. The molecule has 5 heterocycles. The van der Waals surface area contributed by atoms with Crippen molar-refractivity contribution in [1.29, 1.82) is 0 Å². The second kappa shape index (κ2) is 22.6. The average molecular weight is 1080 g/mol. The zero-order valence-electron chi connectivity index (χ0n) is 43.0. The predicted octanol–water partition coefficient (Wildman–Crippen LogP) is 5.80. The lowest BCUT2D eigenvalue weighted by atomic mass is 9.82. The maximum Gasteiger partial charge on any atom is 0.407 e. The molecule has 4 fully saturated rings. The molecule has 6 atom stereocenters. The van der Waals surface area contributed by atoms with Gasteiger partial charge in [0.25, 0.3) is 5.91 Å². The topological polar surface area (TPSA) is 216 Å². The Morgan fingerprint density at radius 2 is 1.40 bits per heavy atom. The van der Waals surface area contributed by atoms with Crippen molar-refractivity contribution in [3.05, 3.63) is 101 Å². The number of hydrogen-bond acceptors (Lipinski definition) is 12. The minimum atomic E-state index is -5.11. The molecule has 3 aliphatic heterocycles. The van der Waals surface area contributed by atoms with Crippen LogP contribution in [0.4, 0.5) is 41.7 Å². The SMILES string of the molecule is COC(=O)NC(C(=O)NC(Cc1ccc(C#Cc2ccc(N3C[C@H]4C[C@@H]3CN4C3COC3)nc2)cc1)C(O)CN(Cc1ccc(-c2ccn(C3CC3)n2)cc1)NC(=O)C(NC(=O)O)C(C)(C)C(F)(F)F)C(C)(C)C(F)(F)F. The fraction of sp³-hybridized carbons (Fsp3) is 0.509. The van der Waals surface area contributed by atoms with E-state index >= 15 is 0 Å². The van der Waals surface area contributed by atoms with Crippen LogP contribution in [0.5, 0.6) is 0 Å². The van der Waals surface area contributed by atoms with E-state index in [1.165, 1.54) is 0 Å². The molecule has 4 aromatic rings. The number of ether oxygens (including phenoxy) is 2. The summed E-state index contributed by atoms with van der Waals surface area (Å²) in [6.45, 7) is 4.99. The van der Waals surface area contributed by atoms with Crippen molar-refractivity contribution in [2.24, 2.45) is 10.8 Å². The Morgan fingerprint density at radius 1 is 0.779 bits per heavy atom. The smallest absolute Gasteiger partial charge is 0.407 e. The van der Waals surface area contributed by atoms with Gasteiger partial charge in [0.05, 0.1) is 61.1 Å². The number of carbonyl (C=O) groups is 4. The quantitative estimate of drug-likeness (QED) is 0.0373. The second-order valence-electron chi connectivity index (χ2n) is 21.2. The fourth-order valence-electron chi connectivity index (χ4n) is 9.68. The number of hydrazine groups is 1. The van der Waals surface area contributed by atoms with Crippen molar-refractivity contribution < 1.29 is 65.2 Å². The summed E-state index contributed by atoms with van der Waals surface area (Å²) in [5.41, 5.74) is -0.149. The first-order valence-electron chi connectivity index (χ1n) is 25.1. The number of likely N-dealkylation sites (tertiary alicyclic amines) is 1. The van der Waals surface area contributed by atoms with Crippen LogP contribution in [-0.4, -0.2) is 154 Å². The number of aliphatic hydroxyl groups is 1. The predicted molar refractivity (Wildman–Crippen MR) is 268 cm³/mol. The van der Waals surface area contributed by atoms with E-state index in [0.29, 0.717) is 85.4 Å². The number of fused-ring (bicyclic) bond motifs is 2. The number of carbonyl (C=O) groups excluding carboxylic acids is 3. The molecule has 1 aliphatic carbocycles. The molecule has 414 valence electrons. The van der Waals surface area contributed by atoms with E-state index in [1.807, 2.05) is 34.4 Å². The third-order valence-corrected chi connectivity index (χ3v) is 14.9. The van der Waals surface area contributed by atoms with Gasteiger partial charge in [-0.15, -0.1) is 0 Å². The number of methoxy groups -OCH3 is 1. The first kappa shape index (κ1) is 56.3. The molecule has 8 rings (SSSR count). The van der Waals surface area contributed by atoms with Crippen LogP contribution < -0.4 is 26.3 Å². The fourth-order valence-corrected chi connectivity index (χ4v) is 9.68. The number of alkyl halides is 6. The minimum Gasteiger partial charge on any atom is -0.465 e. The van der Waals surface area contributed by atoms with Crippen molar-refractivity contribution in [2.45, 2.75) is 121 Å². The van der Waals surface area contributed by atoms with Crippen molar-refractivity contribution in [3.63, 3.8) is 0 Å². The lowest BCUT2D eigenvalue weighted by molar-refractivity contribution is -0.221. The highest BCUT2D eigenvalue weighted by atomic mass is 19.4. The maximum atomic E-state index is 14.6. The number of amides is 4. The highest BCUT2D eigenvalue weighted by molar-refractivity contribution is 5.87. The van der Waals surface area contributed by atoms with E-state index in [-0.39, 0.29) is 13.0 Å². The third-order valence-electron chi connectivity index (χ3n) is 14.9. The molecule has 6 N–H and O–H groups in total. The number of alkyl carbamates (subject to hydrolysis) is 1. The van der Waals surface area contributed by atoms with Gasteiger partial charge < -0.3 is 40.5 Å². The van der Waals surface area contributed by atoms with Gasteiger partial charge in [-0.3, -0.25) is 24.6 Å².